The lowest BCUT2D eigenvalue weighted by atomic mass is 10.4. The molecular weight excluding hydrogens is 284 g/mol. The lowest BCUT2D eigenvalue weighted by Gasteiger charge is -2.12. The van der Waals surface area contributed by atoms with Gasteiger partial charge in [-0.3, -0.25) is 4.79 Å². The Morgan fingerprint density at radius 2 is 2.24 bits per heavy atom. The third kappa shape index (κ3) is 4.60. The van der Waals surface area contributed by atoms with Crippen LogP contribution in [0, 0.1) is 0 Å². The Morgan fingerprint density at radius 1 is 1.38 bits per heavy atom. The van der Waals surface area contributed by atoms with Crippen LogP contribution >= 0.6 is 11.8 Å². The highest BCUT2D eigenvalue weighted by molar-refractivity contribution is 8.00. The van der Waals surface area contributed by atoms with Crippen LogP contribution in [0.2, 0.25) is 0 Å². The first kappa shape index (κ1) is 15.6. The molecule has 0 fully saturated rings. The van der Waals surface area contributed by atoms with Gasteiger partial charge in [-0.2, -0.15) is 0 Å². The largest absolute Gasteiger partial charge is 0.348 e. The highest BCUT2D eigenvalue weighted by Gasteiger charge is 2.15. The molecule has 2 rings (SSSR count). The van der Waals surface area contributed by atoms with Crippen LogP contribution in [0.1, 0.15) is 26.1 Å². The number of imidazole rings is 1. The van der Waals surface area contributed by atoms with Gasteiger partial charge in [0.15, 0.2) is 0 Å². The zero-order chi connectivity index (χ0) is 15.1. The van der Waals surface area contributed by atoms with Crippen LogP contribution in [-0.4, -0.2) is 25.7 Å². The molecule has 0 bridgehead atoms. The number of carbonyl (C=O) groups excluding carboxylic acids is 1. The zero-order valence-electron chi connectivity index (χ0n) is 12.3. The maximum atomic E-state index is 12.1. The Labute approximate surface area is 129 Å². The summed E-state index contributed by atoms with van der Waals surface area (Å²) in [7, 11) is 0. The second-order valence-corrected chi connectivity index (χ2v) is 6.04. The van der Waals surface area contributed by atoms with Gasteiger partial charge in [-0.15, -0.1) is 0 Å². The molecule has 0 saturated carbocycles. The summed E-state index contributed by atoms with van der Waals surface area (Å²) >= 11 is 1.45. The van der Waals surface area contributed by atoms with Crippen molar-refractivity contribution >= 4 is 17.7 Å². The molecule has 2 aromatic rings. The summed E-state index contributed by atoms with van der Waals surface area (Å²) in [5.74, 6) is 0.886. The van der Waals surface area contributed by atoms with Gasteiger partial charge in [0.1, 0.15) is 5.82 Å². The standard InChI is InChI=1S/C15H20N4OS/c1-3-9-19-10-8-16-13(19)11-18-15(20)12(2)21-14-6-4-5-7-17-14/h4-8,10,12H,3,9,11H2,1-2H3,(H,18,20)/t12-/m0/s1. The van der Waals surface area contributed by atoms with Crippen molar-refractivity contribution in [2.75, 3.05) is 0 Å². The number of thioether (sulfide) groups is 1. The van der Waals surface area contributed by atoms with Crippen LogP contribution in [0.4, 0.5) is 0 Å². The summed E-state index contributed by atoms with van der Waals surface area (Å²) in [5, 5.41) is 3.60. The molecule has 1 amide bonds. The van der Waals surface area contributed by atoms with Crippen LogP contribution in [0.5, 0.6) is 0 Å². The second kappa shape index (κ2) is 7.83. The van der Waals surface area contributed by atoms with Gasteiger partial charge in [0.05, 0.1) is 16.8 Å². The number of nitrogens with one attached hydrogen (secondary N) is 1. The third-order valence-corrected chi connectivity index (χ3v) is 4.04. The molecular formula is C15H20N4OS. The van der Waals surface area contributed by atoms with E-state index in [1.807, 2.05) is 31.3 Å². The van der Waals surface area contributed by atoms with Crippen LogP contribution in [-0.2, 0) is 17.9 Å². The summed E-state index contributed by atoms with van der Waals surface area (Å²) in [6, 6.07) is 5.69. The molecule has 0 spiro atoms. The van der Waals surface area contributed by atoms with E-state index in [1.54, 1.807) is 12.4 Å². The van der Waals surface area contributed by atoms with Gasteiger partial charge in [-0.1, -0.05) is 24.8 Å². The van der Waals surface area contributed by atoms with Crippen LogP contribution in [0.3, 0.4) is 0 Å². The number of hydrogen-bond donors (Lipinski definition) is 1. The summed E-state index contributed by atoms with van der Waals surface area (Å²) in [5.41, 5.74) is 0. The molecule has 0 aliphatic heterocycles. The molecule has 21 heavy (non-hydrogen) atoms. The molecule has 0 aliphatic rings. The Morgan fingerprint density at radius 3 is 2.95 bits per heavy atom. The van der Waals surface area contributed by atoms with Crippen LogP contribution in [0.25, 0.3) is 0 Å². The minimum Gasteiger partial charge on any atom is -0.348 e. The van der Waals surface area contributed by atoms with E-state index in [2.05, 4.69) is 26.8 Å². The quantitative estimate of drug-likeness (QED) is 0.798. The molecule has 0 aliphatic carbocycles. The van der Waals surface area contributed by atoms with Gasteiger partial charge in [-0.25, -0.2) is 9.97 Å². The van der Waals surface area contributed by atoms with E-state index in [9.17, 15) is 4.79 Å². The number of hydrogen-bond acceptors (Lipinski definition) is 4. The molecule has 1 N–H and O–H groups in total. The van der Waals surface area contributed by atoms with Crippen molar-refractivity contribution in [3.05, 3.63) is 42.6 Å². The predicted octanol–water partition coefficient (Wildman–Crippen LogP) is 2.49. The SMILES string of the molecule is CCCn1ccnc1CNC(=O)[C@H](C)Sc1ccccn1. The first-order chi connectivity index (χ1) is 10.2. The van der Waals surface area contributed by atoms with Crippen molar-refractivity contribution in [2.24, 2.45) is 0 Å². The lowest BCUT2D eigenvalue weighted by Crippen LogP contribution is -2.31. The van der Waals surface area contributed by atoms with Crippen LogP contribution < -0.4 is 5.32 Å². The normalized spacial score (nSPS) is 12.1. The number of carbonyl (C=O) groups is 1. The zero-order valence-corrected chi connectivity index (χ0v) is 13.1. The Balaban J connectivity index is 1.85. The molecule has 0 saturated heterocycles. The van der Waals surface area contributed by atoms with E-state index < -0.39 is 0 Å². The highest BCUT2D eigenvalue weighted by atomic mass is 32.2. The van der Waals surface area contributed by atoms with Gasteiger partial charge in [0.2, 0.25) is 5.91 Å². The smallest absolute Gasteiger partial charge is 0.233 e. The first-order valence-corrected chi connectivity index (χ1v) is 7.94. The number of aryl methyl sites for hydroxylation is 1. The molecule has 6 heteroatoms. The summed E-state index contributed by atoms with van der Waals surface area (Å²) in [4.78, 5) is 20.6. The fraction of sp³-hybridized carbons (Fsp3) is 0.400. The van der Waals surface area contributed by atoms with E-state index in [0.717, 1.165) is 23.8 Å². The van der Waals surface area contributed by atoms with E-state index in [4.69, 9.17) is 0 Å². The number of nitrogens with zero attached hydrogens (tertiary/aromatic N) is 3. The van der Waals surface area contributed by atoms with Gasteiger partial charge < -0.3 is 9.88 Å². The Hall–Kier alpha value is -1.82. The molecule has 0 unspecified atom stereocenters. The molecule has 0 aromatic carbocycles. The lowest BCUT2D eigenvalue weighted by molar-refractivity contribution is -0.120. The molecule has 0 radical (unpaired) electrons. The summed E-state index contributed by atoms with van der Waals surface area (Å²) < 4.78 is 2.07. The average molecular weight is 304 g/mol. The van der Waals surface area contributed by atoms with Crippen molar-refractivity contribution < 1.29 is 4.79 Å². The van der Waals surface area contributed by atoms with Gasteiger partial charge in [-0.05, 0) is 25.5 Å². The van der Waals surface area contributed by atoms with Gasteiger partial charge in [0, 0.05) is 25.1 Å². The van der Waals surface area contributed by atoms with Gasteiger partial charge in [0.25, 0.3) is 0 Å². The molecule has 5 nitrogen and oxygen atoms in total. The fourth-order valence-corrected chi connectivity index (χ4v) is 2.74. The number of rotatable bonds is 7. The topological polar surface area (TPSA) is 59.8 Å². The molecule has 2 aromatic heterocycles. The molecule has 112 valence electrons. The number of aromatic nitrogens is 3. The van der Waals surface area contributed by atoms with E-state index in [0.29, 0.717) is 6.54 Å². The van der Waals surface area contributed by atoms with Crippen molar-refractivity contribution in [3.8, 4) is 0 Å². The predicted molar refractivity (Wildman–Crippen MR) is 83.9 cm³/mol. The fourth-order valence-electron chi connectivity index (χ4n) is 1.91. The van der Waals surface area contributed by atoms with Crippen molar-refractivity contribution in [1.82, 2.24) is 19.9 Å². The minimum absolute atomic E-state index is 0.00305. The first-order valence-electron chi connectivity index (χ1n) is 7.06. The van der Waals surface area contributed by atoms with Crippen LogP contribution in [0.15, 0.2) is 41.8 Å². The van der Waals surface area contributed by atoms with Crippen molar-refractivity contribution in [3.63, 3.8) is 0 Å². The monoisotopic (exact) mass is 304 g/mol. The summed E-state index contributed by atoms with van der Waals surface area (Å²) in [6.45, 7) is 5.38. The van der Waals surface area contributed by atoms with E-state index in [1.165, 1.54) is 11.8 Å². The third-order valence-electron chi connectivity index (χ3n) is 2.99. The Bertz CT molecular complexity index is 570. The number of amides is 1. The number of pyridine rings is 1. The van der Waals surface area contributed by atoms with E-state index >= 15 is 0 Å². The van der Waals surface area contributed by atoms with Crippen molar-refractivity contribution in [1.29, 1.82) is 0 Å². The minimum atomic E-state index is -0.186. The van der Waals surface area contributed by atoms with Crippen molar-refractivity contribution in [2.45, 2.75) is 43.6 Å². The Kier molecular flexibility index (Phi) is 5.80. The average Bonchev–Trinajstić information content (AvgIpc) is 2.93. The molecule has 2 heterocycles. The van der Waals surface area contributed by atoms with Gasteiger partial charge >= 0.3 is 0 Å². The summed E-state index contributed by atoms with van der Waals surface area (Å²) in [6.07, 6.45) is 6.48. The highest BCUT2D eigenvalue weighted by Crippen LogP contribution is 2.20. The van der Waals surface area contributed by atoms with E-state index in [-0.39, 0.29) is 11.2 Å². The molecule has 1 atom stereocenters. The maximum absolute atomic E-state index is 12.1. The maximum Gasteiger partial charge on any atom is 0.233 e. The second-order valence-electron chi connectivity index (χ2n) is 4.68.